The lowest BCUT2D eigenvalue weighted by Gasteiger charge is -2.29. The number of nitriles is 1. The highest BCUT2D eigenvalue weighted by atomic mass is 32.2. The Bertz CT molecular complexity index is 1330. The van der Waals surface area contributed by atoms with E-state index in [1.54, 1.807) is 0 Å². The molecule has 0 aliphatic rings. The molecule has 4 rings (SSSR count). The number of hydrogen-bond acceptors (Lipinski definition) is 6. The van der Waals surface area contributed by atoms with Crippen LogP contribution in [0.1, 0.15) is 43.8 Å². The van der Waals surface area contributed by atoms with Crippen LogP contribution >= 0.6 is 0 Å². The third-order valence-corrected chi connectivity index (χ3v) is 6.82. The van der Waals surface area contributed by atoms with Crippen LogP contribution in [0.25, 0.3) is 22.2 Å². The molecular formula is C25H23FN4O2S. The number of benzene rings is 2. The van der Waals surface area contributed by atoms with Crippen LogP contribution in [0.4, 0.5) is 4.39 Å². The van der Waals surface area contributed by atoms with Crippen LogP contribution in [0.3, 0.4) is 0 Å². The Hall–Kier alpha value is -3.25. The molecule has 0 saturated heterocycles. The van der Waals surface area contributed by atoms with Crippen molar-refractivity contribution in [1.82, 2.24) is 14.9 Å². The van der Waals surface area contributed by atoms with E-state index in [4.69, 9.17) is 4.52 Å². The molecule has 0 fully saturated rings. The van der Waals surface area contributed by atoms with Crippen LogP contribution in [0.5, 0.6) is 0 Å². The molecule has 0 saturated carbocycles. The summed E-state index contributed by atoms with van der Waals surface area (Å²) in [5, 5.41) is 14.3. The maximum atomic E-state index is 14.6. The monoisotopic (exact) mass is 462 g/mol. The molecule has 6 nitrogen and oxygen atoms in total. The van der Waals surface area contributed by atoms with Crippen LogP contribution in [-0.4, -0.2) is 19.4 Å². The first-order valence-electron chi connectivity index (χ1n) is 10.4. The summed E-state index contributed by atoms with van der Waals surface area (Å²) in [6.07, 6.45) is 0.0932. The standard InChI is InChI=1S/C25H23FN4O2S/c1-25(2,3)33(31)30-21(14-22-20(26)13-12-16(15-27)28-22)17-8-4-5-9-18(17)24-19-10-6-7-11-23(19)32-29-24/h4-13,21,30H,14H2,1-3H3. The van der Waals surface area contributed by atoms with E-state index in [0.717, 1.165) is 16.5 Å². The summed E-state index contributed by atoms with van der Waals surface area (Å²) in [6, 6.07) is 19.0. The van der Waals surface area contributed by atoms with Gasteiger partial charge in [-0.1, -0.05) is 41.6 Å². The molecule has 33 heavy (non-hydrogen) atoms. The van der Waals surface area contributed by atoms with Gasteiger partial charge in [-0.2, -0.15) is 5.26 Å². The molecule has 0 aliphatic carbocycles. The zero-order valence-corrected chi connectivity index (χ0v) is 19.3. The van der Waals surface area contributed by atoms with Crippen molar-refractivity contribution in [2.45, 2.75) is 38.0 Å². The first-order chi connectivity index (χ1) is 15.8. The third kappa shape index (κ3) is 4.91. The number of para-hydroxylation sites is 1. The summed E-state index contributed by atoms with van der Waals surface area (Å²) in [6.45, 7) is 5.58. The summed E-state index contributed by atoms with van der Waals surface area (Å²) in [5.74, 6) is -0.522. The number of fused-ring (bicyclic) bond motifs is 1. The van der Waals surface area contributed by atoms with Gasteiger partial charge < -0.3 is 9.08 Å². The van der Waals surface area contributed by atoms with E-state index in [9.17, 15) is 14.2 Å². The zero-order valence-electron chi connectivity index (χ0n) is 18.5. The fourth-order valence-electron chi connectivity index (χ4n) is 3.50. The molecule has 168 valence electrons. The summed E-state index contributed by atoms with van der Waals surface area (Å²) in [5.41, 5.74) is 3.10. The average molecular weight is 463 g/mol. The SMILES string of the molecule is CC(C)(C)[S+]([O-])NC(Cc1nc(C#N)ccc1F)c1ccccc1-c1noc2ccccc12. The quantitative estimate of drug-likeness (QED) is 0.394. The average Bonchev–Trinajstić information content (AvgIpc) is 3.23. The van der Waals surface area contributed by atoms with Crippen LogP contribution in [0.15, 0.2) is 65.2 Å². The van der Waals surface area contributed by atoms with Crippen molar-refractivity contribution in [3.05, 3.63) is 83.4 Å². The highest BCUT2D eigenvalue weighted by Crippen LogP contribution is 2.35. The van der Waals surface area contributed by atoms with Crippen molar-refractivity contribution in [2.75, 3.05) is 0 Å². The van der Waals surface area contributed by atoms with E-state index in [1.165, 1.54) is 12.1 Å². The molecule has 8 heteroatoms. The van der Waals surface area contributed by atoms with E-state index < -0.39 is 28.0 Å². The predicted octanol–water partition coefficient (Wildman–Crippen LogP) is 5.24. The molecular weight excluding hydrogens is 439 g/mol. The van der Waals surface area contributed by atoms with Gasteiger partial charge in [-0.05, 0) is 50.6 Å². The topological polar surface area (TPSA) is 97.8 Å². The van der Waals surface area contributed by atoms with Gasteiger partial charge in [-0.25, -0.2) is 9.37 Å². The van der Waals surface area contributed by atoms with Crippen LogP contribution in [0.2, 0.25) is 0 Å². The highest BCUT2D eigenvalue weighted by Gasteiger charge is 2.32. The number of nitrogens with zero attached hydrogens (tertiary/aromatic N) is 3. The highest BCUT2D eigenvalue weighted by molar-refractivity contribution is 7.90. The number of hydrogen-bond donors (Lipinski definition) is 1. The van der Waals surface area contributed by atoms with E-state index in [2.05, 4.69) is 14.9 Å². The van der Waals surface area contributed by atoms with E-state index in [0.29, 0.717) is 11.3 Å². The molecule has 2 aromatic heterocycles. The van der Waals surface area contributed by atoms with E-state index >= 15 is 0 Å². The van der Waals surface area contributed by atoms with Gasteiger partial charge in [0.15, 0.2) is 5.58 Å². The van der Waals surface area contributed by atoms with Crippen molar-refractivity contribution in [3.63, 3.8) is 0 Å². The number of halogens is 1. The van der Waals surface area contributed by atoms with Crippen molar-refractivity contribution < 1.29 is 13.5 Å². The second-order valence-electron chi connectivity index (χ2n) is 8.61. The normalized spacial score (nSPS) is 13.6. The molecule has 0 aliphatic heterocycles. The van der Waals surface area contributed by atoms with Gasteiger partial charge in [0.05, 0.1) is 11.7 Å². The first-order valence-corrected chi connectivity index (χ1v) is 11.6. The number of nitrogens with one attached hydrogen (secondary N) is 1. The summed E-state index contributed by atoms with van der Waals surface area (Å²) in [4.78, 5) is 4.16. The van der Waals surface area contributed by atoms with Gasteiger partial charge in [0.1, 0.15) is 28.0 Å². The lowest BCUT2D eigenvalue weighted by Crippen LogP contribution is -2.42. The van der Waals surface area contributed by atoms with Crippen molar-refractivity contribution in [2.24, 2.45) is 0 Å². The minimum absolute atomic E-state index is 0.0932. The van der Waals surface area contributed by atoms with Crippen LogP contribution in [-0.2, 0) is 17.8 Å². The lowest BCUT2D eigenvalue weighted by molar-refractivity contribution is 0.459. The minimum atomic E-state index is -1.45. The van der Waals surface area contributed by atoms with E-state index in [1.807, 2.05) is 75.4 Å². The number of rotatable bonds is 6. The Kier molecular flexibility index (Phi) is 6.47. The molecule has 0 radical (unpaired) electrons. The number of pyridine rings is 1. The van der Waals surface area contributed by atoms with Gasteiger partial charge in [0.2, 0.25) is 0 Å². The summed E-state index contributed by atoms with van der Waals surface area (Å²) < 4.78 is 35.8. The maximum Gasteiger partial charge on any atom is 0.167 e. The Morgan fingerprint density at radius 1 is 1.12 bits per heavy atom. The largest absolute Gasteiger partial charge is 0.598 e. The predicted molar refractivity (Wildman–Crippen MR) is 126 cm³/mol. The van der Waals surface area contributed by atoms with Crippen molar-refractivity contribution in [3.8, 4) is 17.3 Å². The second kappa shape index (κ2) is 9.32. The lowest BCUT2D eigenvalue weighted by atomic mass is 9.94. The smallest absolute Gasteiger partial charge is 0.167 e. The fourth-order valence-corrected chi connectivity index (χ4v) is 4.32. The van der Waals surface area contributed by atoms with Crippen molar-refractivity contribution in [1.29, 1.82) is 5.26 Å². The van der Waals surface area contributed by atoms with Crippen LogP contribution < -0.4 is 4.72 Å². The van der Waals surface area contributed by atoms with Gasteiger partial charge >= 0.3 is 0 Å². The summed E-state index contributed by atoms with van der Waals surface area (Å²) >= 11 is -1.45. The Balaban J connectivity index is 1.82. The molecule has 0 amide bonds. The molecule has 2 aromatic carbocycles. The second-order valence-corrected chi connectivity index (χ2v) is 10.6. The van der Waals surface area contributed by atoms with Crippen molar-refractivity contribution >= 4 is 22.3 Å². The maximum absolute atomic E-state index is 14.6. The van der Waals surface area contributed by atoms with Gasteiger partial charge in [-0.15, -0.1) is 4.72 Å². The molecule has 2 heterocycles. The van der Waals surface area contributed by atoms with Gasteiger partial charge in [0, 0.05) is 28.7 Å². The van der Waals surface area contributed by atoms with Crippen LogP contribution in [0, 0.1) is 17.1 Å². The zero-order chi connectivity index (χ0) is 23.6. The number of aromatic nitrogens is 2. The molecule has 2 atom stereocenters. The van der Waals surface area contributed by atoms with Gasteiger partial charge in [0.25, 0.3) is 0 Å². The molecule has 1 N–H and O–H groups in total. The molecule has 0 bridgehead atoms. The molecule has 0 spiro atoms. The Morgan fingerprint density at radius 2 is 1.85 bits per heavy atom. The summed E-state index contributed by atoms with van der Waals surface area (Å²) in [7, 11) is 0. The molecule has 4 aromatic rings. The third-order valence-electron chi connectivity index (χ3n) is 5.20. The Labute approximate surface area is 194 Å². The molecule has 2 unspecified atom stereocenters. The van der Waals surface area contributed by atoms with E-state index in [-0.39, 0.29) is 17.8 Å². The minimum Gasteiger partial charge on any atom is -0.598 e. The Morgan fingerprint density at radius 3 is 2.61 bits per heavy atom. The fraction of sp³-hybridized carbons (Fsp3) is 0.240. The first kappa shape index (κ1) is 22.9. The van der Waals surface area contributed by atoms with Gasteiger partial charge in [-0.3, -0.25) is 0 Å².